The van der Waals surface area contributed by atoms with E-state index in [4.69, 9.17) is 19.5 Å². The van der Waals surface area contributed by atoms with Gasteiger partial charge in [0.05, 0.1) is 0 Å². The minimum Gasteiger partial charge on any atom is -0.454 e. The average molecular weight is 652 g/mol. The van der Waals surface area contributed by atoms with E-state index in [1.165, 1.54) is 11.1 Å². The fourth-order valence-electron chi connectivity index (χ4n) is 5.42. The lowest BCUT2D eigenvalue weighted by Gasteiger charge is -2.36. The van der Waals surface area contributed by atoms with E-state index in [1.807, 2.05) is 12.1 Å². The van der Waals surface area contributed by atoms with Crippen molar-refractivity contribution >= 4 is 38.1 Å². The first-order valence-electron chi connectivity index (χ1n) is 14.4. The molecule has 3 heterocycles. The number of rotatable bonds is 6. The lowest BCUT2D eigenvalue weighted by atomic mass is 10.1. The van der Waals surface area contributed by atoms with Crippen LogP contribution in [-0.2, 0) is 6.54 Å². The van der Waals surface area contributed by atoms with E-state index in [-0.39, 0.29) is 0 Å². The van der Waals surface area contributed by atoms with Gasteiger partial charge in [-0.05, 0) is 36.8 Å². The standard InChI is InChI=1S/C35H31BrN4O2S/c1-24-7-10-26(11-8-24)32-35(43-34(37-32)28-5-3-2-4-6-28)38-33(27-12-14-29(36)15-13-27)40-19-17-39(18-20-40)22-25-9-16-30-31(21-25)42-23-41-30/h2-16,21H,17-20,22-23H2,1H3. The molecule has 0 unspecified atom stereocenters. The highest BCUT2D eigenvalue weighted by Gasteiger charge is 2.24. The van der Waals surface area contributed by atoms with Crippen LogP contribution in [-0.4, -0.2) is 53.6 Å². The topological polar surface area (TPSA) is 50.2 Å². The van der Waals surface area contributed by atoms with Crippen LogP contribution in [0.5, 0.6) is 11.5 Å². The van der Waals surface area contributed by atoms with Crippen molar-refractivity contribution in [3.8, 4) is 33.3 Å². The van der Waals surface area contributed by atoms with Crippen molar-refractivity contribution in [2.24, 2.45) is 4.99 Å². The predicted molar refractivity (Wildman–Crippen MR) is 177 cm³/mol. The number of aliphatic imine (C=N–C) groups is 1. The quantitative estimate of drug-likeness (QED) is 0.137. The molecule has 0 atom stereocenters. The number of halogens is 1. The second-order valence-electron chi connectivity index (χ2n) is 10.8. The van der Waals surface area contributed by atoms with Crippen molar-refractivity contribution in [1.82, 2.24) is 14.8 Å². The Morgan fingerprint density at radius 1 is 0.837 bits per heavy atom. The largest absolute Gasteiger partial charge is 0.454 e. The third kappa shape index (κ3) is 6.22. The summed E-state index contributed by atoms with van der Waals surface area (Å²) in [5, 5.41) is 1.89. The minimum absolute atomic E-state index is 0.299. The van der Waals surface area contributed by atoms with E-state index in [2.05, 4.69) is 118 Å². The molecule has 1 saturated heterocycles. The Morgan fingerprint density at radius 3 is 2.35 bits per heavy atom. The number of aromatic nitrogens is 1. The summed E-state index contributed by atoms with van der Waals surface area (Å²) >= 11 is 5.25. The molecule has 0 aliphatic carbocycles. The fourth-order valence-corrected chi connectivity index (χ4v) is 6.65. The van der Waals surface area contributed by atoms with Crippen LogP contribution in [0.1, 0.15) is 16.7 Å². The van der Waals surface area contributed by atoms with Crippen LogP contribution in [0.15, 0.2) is 107 Å². The van der Waals surface area contributed by atoms with Crippen molar-refractivity contribution in [1.29, 1.82) is 0 Å². The number of hydrogen-bond acceptors (Lipinski definition) is 6. The van der Waals surface area contributed by atoms with Gasteiger partial charge in [-0.25, -0.2) is 9.98 Å². The molecule has 43 heavy (non-hydrogen) atoms. The fraction of sp³-hybridized carbons (Fsp3) is 0.200. The molecule has 1 fully saturated rings. The Hall–Kier alpha value is -3.98. The number of benzene rings is 4. The van der Waals surface area contributed by atoms with Crippen molar-refractivity contribution < 1.29 is 9.47 Å². The van der Waals surface area contributed by atoms with E-state index in [0.717, 1.165) is 86.9 Å². The van der Waals surface area contributed by atoms with Gasteiger partial charge < -0.3 is 14.4 Å². The van der Waals surface area contributed by atoms with Gasteiger partial charge >= 0.3 is 0 Å². The van der Waals surface area contributed by atoms with Crippen LogP contribution in [0.3, 0.4) is 0 Å². The first-order chi connectivity index (χ1) is 21.1. The number of amidine groups is 1. The molecule has 0 bridgehead atoms. The van der Waals surface area contributed by atoms with Crippen molar-refractivity contribution in [2.75, 3.05) is 33.0 Å². The Morgan fingerprint density at radius 2 is 1.58 bits per heavy atom. The normalized spacial score (nSPS) is 15.2. The molecule has 7 rings (SSSR count). The molecule has 2 aliphatic heterocycles. The van der Waals surface area contributed by atoms with E-state index in [0.29, 0.717) is 6.79 Å². The Labute approximate surface area is 264 Å². The molecule has 6 nitrogen and oxygen atoms in total. The van der Waals surface area contributed by atoms with Crippen LogP contribution in [0.4, 0.5) is 5.00 Å². The lowest BCUT2D eigenvalue weighted by Crippen LogP contribution is -2.48. The van der Waals surface area contributed by atoms with Crippen LogP contribution < -0.4 is 9.47 Å². The Bertz CT molecular complexity index is 1750. The lowest BCUT2D eigenvalue weighted by molar-refractivity contribution is 0.172. The van der Waals surface area contributed by atoms with Crippen LogP contribution in [0, 0.1) is 6.92 Å². The first kappa shape index (κ1) is 27.8. The minimum atomic E-state index is 0.299. The van der Waals surface area contributed by atoms with Gasteiger partial charge in [0, 0.05) is 53.9 Å². The van der Waals surface area contributed by atoms with Gasteiger partial charge in [-0.15, -0.1) is 0 Å². The Balaban J connectivity index is 1.21. The van der Waals surface area contributed by atoms with Gasteiger partial charge in [-0.1, -0.05) is 106 Å². The molecule has 0 spiro atoms. The van der Waals surface area contributed by atoms with Gasteiger partial charge in [0.15, 0.2) is 11.5 Å². The summed E-state index contributed by atoms with van der Waals surface area (Å²) in [4.78, 5) is 15.4. The highest BCUT2D eigenvalue weighted by atomic mass is 79.9. The first-order valence-corrected chi connectivity index (χ1v) is 16.0. The third-order valence-corrected chi connectivity index (χ3v) is 9.31. The maximum Gasteiger partial charge on any atom is 0.231 e. The van der Waals surface area contributed by atoms with Crippen molar-refractivity contribution in [3.63, 3.8) is 0 Å². The van der Waals surface area contributed by atoms with Gasteiger partial charge in [0.2, 0.25) is 6.79 Å². The number of ether oxygens (including phenoxy) is 2. The van der Waals surface area contributed by atoms with E-state index >= 15 is 0 Å². The number of thiazole rings is 1. The summed E-state index contributed by atoms with van der Waals surface area (Å²) in [7, 11) is 0. The van der Waals surface area contributed by atoms with E-state index < -0.39 is 0 Å². The SMILES string of the molecule is Cc1ccc(-c2nc(-c3ccccc3)sc2N=C(c2ccc(Br)cc2)N2CCN(Cc3ccc4c(c3)OCO4)CC2)cc1. The molecule has 4 aromatic carbocycles. The second kappa shape index (κ2) is 12.3. The summed E-state index contributed by atoms with van der Waals surface area (Å²) in [5.74, 6) is 2.64. The van der Waals surface area contributed by atoms with Crippen LogP contribution in [0.2, 0.25) is 0 Å². The molecule has 0 amide bonds. The zero-order valence-corrected chi connectivity index (χ0v) is 26.3. The number of fused-ring (bicyclic) bond motifs is 1. The van der Waals surface area contributed by atoms with Gasteiger partial charge in [-0.3, -0.25) is 4.90 Å². The summed E-state index contributed by atoms with van der Waals surface area (Å²) in [6.07, 6.45) is 0. The monoisotopic (exact) mass is 650 g/mol. The molecule has 5 aromatic rings. The van der Waals surface area contributed by atoms with Crippen LogP contribution in [0.25, 0.3) is 21.8 Å². The number of piperazine rings is 1. The van der Waals surface area contributed by atoms with Gasteiger partial charge in [0.1, 0.15) is 21.5 Å². The van der Waals surface area contributed by atoms with Gasteiger partial charge in [-0.2, -0.15) is 0 Å². The molecule has 1 aromatic heterocycles. The highest BCUT2D eigenvalue weighted by Crippen LogP contribution is 2.41. The molecule has 2 aliphatic rings. The second-order valence-corrected chi connectivity index (χ2v) is 12.7. The maximum absolute atomic E-state index is 5.60. The number of aryl methyl sites for hydroxylation is 1. The molecule has 0 radical (unpaired) electrons. The summed E-state index contributed by atoms with van der Waals surface area (Å²) in [6.45, 7) is 6.92. The summed E-state index contributed by atoms with van der Waals surface area (Å²) < 4.78 is 12.1. The smallest absolute Gasteiger partial charge is 0.231 e. The molecule has 216 valence electrons. The van der Waals surface area contributed by atoms with Crippen LogP contribution >= 0.6 is 27.3 Å². The molecule has 0 N–H and O–H groups in total. The Kier molecular flexibility index (Phi) is 7.98. The summed E-state index contributed by atoms with van der Waals surface area (Å²) in [5.41, 5.74) is 6.65. The zero-order valence-electron chi connectivity index (χ0n) is 23.9. The molecular weight excluding hydrogens is 620 g/mol. The van der Waals surface area contributed by atoms with Crippen molar-refractivity contribution in [2.45, 2.75) is 13.5 Å². The molecule has 8 heteroatoms. The predicted octanol–water partition coefficient (Wildman–Crippen LogP) is 8.17. The maximum atomic E-state index is 5.60. The average Bonchev–Trinajstić information content (AvgIpc) is 3.69. The molecular formula is C35H31BrN4O2S. The highest BCUT2D eigenvalue weighted by molar-refractivity contribution is 9.10. The summed E-state index contributed by atoms with van der Waals surface area (Å²) in [6, 6.07) is 33.7. The zero-order chi connectivity index (χ0) is 29.2. The van der Waals surface area contributed by atoms with E-state index in [9.17, 15) is 0 Å². The third-order valence-electron chi connectivity index (χ3n) is 7.78. The van der Waals surface area contributed by atoms with Gasteiger partial charge in [0.25, 0.3) is 0 Å². The molecule has 0 saturated carbocycles. The van der Waals surface area contributed by atoms with Crippen molar-refractivity contribution in [3.05, 3.63) is 118 Å². The number of hydrogen-bond donors (Lipinski definition) is 0. The van der Waals surface area contributed by atoms with E-state index in [1.54, 1.807) is 11.3 Å². The number of nitrogens with zero attached hydrogens (tertiary/aromatic N) is 4.